The quantitative estimate of drug-likeness (QED) is 0.381. The topological polar surface area (TPSA) is 73.9 Å². The zero-order chi connectivity index (χ0) is 23.8. The Bertz CT molecular complexity index is 1470. The van der Waals surface area contributed by atoms with Crippen molar-refractivity contribution in [1.82, 2.24) is 0 Å². The zero-order valence-corrected chi connectivity index (χ0v) is 19.6. The van der Waals surface area contributed by atoms with Crippen molar-refractivity contribution in [3.63, 3.8) is 0 Å². The minimum absolute atomic E-state index is 0.0832. The minimum atomic E-state index is -3.77. The summed E-state index contributed by atoms with van der Waals surface area (Å²) in [7, 11) is -3.77. The maximum absolute atomic E-state index is 13.0. The van der Waals surface area contributed by atoms with E-state index in [1.165, 1.54) is 0 Å². The van der Waals surface area contributed by atoms with Crippen LogP contribution in [0.3, 0.4) is 0 Å². The van der Waals surface area contributed by atoms with Gasteiger partial charge in [-0.2, -0.15) is 0 Å². The Balaban J connectivity index is 1.39. The lowest BCUT2D eigenvalue weighted by Gasteiger charge is -2.27. The van der Waals surface area contributed by atoms with E-state index in [-0.39, 0.29) is 16.9 Å². The van der Waals surface area contributed by atoms with Gasteiger partial charge in [-0.15, -0.1) is 0 Å². The van der Waals surface area contributed by atoms with Crippen LogP contribution in [0.5, 0.6) is 17.2 Å². The van der Waals surface area contributed by atoms with Crippen molar-refractivity contribution in [2.45, 2.75) is 23.5 Å². The number of rotatable bonds is 6. The summed E-state index contributed by atoms with van der Waals surface area (Å²) in [6, 6.07) is 29.5. The molecule has 2 atom stereocenters. The second-order valence-corrected chi connectivity index (χ2v) is 10.3. The van der Waals surface area contributed by atoms with Crippen molar-refractivity contribution in [2.75, 3.05) is 11.3 Å². The van der Waals surface area contributed by atoms with Crippen LogP contribution in [0.4, 0.5) is 5.69 Å². The molecule has 0 saturated heterocycles. The molecule has 0 radical (unpaired) electrons. The molecule has 4 aromatic rings. The van der Waals surface area contributed by atoms with Crippen LogP contribution in [-0.4, -0.2) is 15.0 Å². The molecule has 1 N–H and O–H groups in total. The van der Waals surface area contributed by atoms with Gasteiger partial charge in [0, 0.05) is 17.2 Å². The molecule has 0 fully saturated rings. The average Bonchev–Trinajstić information content (AvgIpc) is 3.27. The van der Waals surface area contributed by atoms with Gasteiger partial charge in [-0.1, -0.05) is 66.7 Å². The Labute approximate surface area is 204 Å². The van der Waals surface area contributed by atoms with E-state index >= 15 is 0 Å². The molecule has 0 amide bonds. The summed E-state index contributed by atoms with van der Waals surface area (Å²) >= 11 is 0. The summed E-state index contributed by atoms with van der Waals surface area (Å²) in [5.74, 6) is 1.83. The molecule has 0 spiro atoms. The third-order valence-electron chi connectivity index (χ3n) is 6.28. The number of anilines is 1. The molecule has 0 aliphatic carbocycles. The smallest absolute Gasteiger partial charge is 0.261 e. The summed E-state index contributed by atoms with van der Waals surface area (Å²) in [4.78, 5) is 0.191. The predicted octanol–water partition coefficient (Wildman–Crippen LogP) is 5.68. The second kappa shape index (κ2) is 8.67. The fourth-order valence-corrected chi connectivity index (χ4v) is 5.66. The second-order valence-electron chi connectivity index (χ2n) is 8.58. The summed E-state index contributed by atoms with van der Waals surface area (Å²) in [5.41, 5.74) is 3.25. The SMILES string of the molecule is O=S(=O)(Nc1cc(OCc2ccccc2)c2c(c1)[C@H]1COc3ccccc3[C@H]1O2)c1ccccc1. The first-order valence-electron chi connectivity index (χ1n) is 11.4. The summed E-state index contributed by atoms with van der Waals surface area (Å²) < 4.78 is 47.4. The predicted molar refractivity (Wildman–Crippen MR) is 133 cm³/mol. The number of nitrogens with one attached hydrogen (secondary N) is 1. The zero-order valence-electron chi connectivity index (χ0n) is 18.8. The van der Waals surface area contributed by atoms with Crippen molar-refractivity contribution in [1.29, 1.82) is 0 Å². The monoisotopic (exact) mass is 485 g/mol. The van der Waals surface area contributed by atoms with E-state index in [2.05, 4.69) is 4.72 Å². The number of para-hydroxylation sites is 1. The first-order valence-corrected chi connectivity index (χ1v) is 12.9. The summed E-state index contributed by atoms with van der Waals surface area (Å²) in [6.45, 7) is 0.760. The van der Waals surface area contributed by atoms with Gasteiger partial charge in [0.25, 0.3) is 10.0 Å². The van der Waals surface area contributed by atoms with Crippen LogP contribution >= 0.6 is 0 Å². The fourth-order valence-electron chi connectivity index (χ4n) is 4.60. The van der Waals surface area contributed by atoms with Crippen molar-refractivity contribution in [3.8, 4) is 17.2 Å². The number of hydrogen-bond acceptors (Lipinski definition) is 5. The number of fused-ring (bicyclic) bond motifs is 5. The van der Waals surface area contributed by atoms with Gasteiger partial charge in [0.05, 0.1) is 23.1 Å². The molecular weight excluding hydrogens is 462 g/mol. The van der Waals surface area contributed by atoms with E-state index in [1.54, 1.807) is 36.4 Å². The first-order chi connectivity index (χ1) is 17.1. The number of ether oxygens (including phenoxy) is 3. The molecule has 0 aromatic heterocycles. The van der Waals surface area contributed by atoms with Crippen LogP contribution in [0.1, 0.15) is 28.7 Å². The van der Waals surface area contributed by atoms with E-state index in [1.807, 2.05) is 60.7 Å². The highest BCUT2D eigenvalue weighted by atomic mass is 32.2. The first kappa shape index (κ1) is 21.6. The van der Waals surface area contributed by atoms with Crippen molar-refractivity contribution in [2.24, 2.45) is 0 Å². The molecule has 6 rings (SSSR count). The lowest BCUT2D eigenvalue weighted by molar-refractivity contribution is 0.136. The van der Waals surface area contributed by atoms with Crippen molar-refractivity contribution in [3.05, 3.63) is 114 Å². The number of benzene rings is 4. The molecule has 6 nitrogen and oxygen atoms in total. The van der Waals surface area contributed by atoms with Gasteiger partial charge in [0.2, 0.25) is 0 Å². The molecule has 0 unspecified atom stereocenters. The van der Waals surface area contributed by atoms with E-state index in [9.17, 15) is 8.42 Å². The molecule has 7 heteroatoms. The van der Waals surface area contributed by atoms with Gasteiger partial charge in [-0.3, -0.25) is 4.72 Å². The van der Waals surface area contributed by atoms with Crippen LogP contribution in [-0.2, 0) is 16.6 Å². The molecule has 2 heterocycles. The molecule has 0 saturated carbocycles. The van der Waals surface area contributed by atoms with Crippen LogP contribution in [0.25, 0.3) is 0 Å². The lowest BCUT2D eigenvalue weighted by Crippen LogP contribution is -2.23. The molecular formula is C28H23NO5S. The molecule has 0 bridgehead atoms. The van der Waals surface area contributed by atoms with Crippen LogP contribution in [0.2, 0.25) is 0 Å². The normalized spacial score (nSPS) is 17.8. The van der Waals surface area contributed by atoms with E-state index < -0.39 is 10.0 Å². The highest BCUT2D eigenvalue weighted by molar-refractivity contribution is 7.92. The van der Waals surface area contributed by atoms with Crippen molar-refractivity contribution < 1.29 is 22.6 Å². The summed E-state index contributed by atoms with van der Waals surface area (Å²) in [6.07, 6.45) is -0.227. The van der Waals surface area contributed by atoms with E-state index in [0.29, 0.717) is 30.4 Å². The molecule has 2 aliphatic rings. The number of hydrogen-bond donors (Lipinski definition) is 1. The summed E-state index contributed by atoms with van der Waals surface area (Å²) in [5, 5.41) is 0. The maximum atomic E-state index is 13.0. The highest BCUT2D eigenvalue weighted by Crippen LogP contribution is 2.55. The third-order valence-corrected chi connectivity index (χ3v) is 7.68. The van der Waals surface area contributed by atoms with Gasteiger partial charge >= 0.3 is 0 Å². The molecule has 35 heavy (non-hydrogen) atoms. The Morgan fingerprint density at radius 3 is 2.37 bits per heavy atom. The maximum Gasteiger partial charge on any atom is 0.261 e. The molecule has 4 aromatic carbocycles. The standard InChI is InChI=1S/C28H23NO5S/c30-35(31,21-11-5-2-6-12-21)29-20-15-23-24-18-33-25-14-8-7-13-22(25)27(24)34-28(23)26(16-20)32-17-19-9-3-1-4-10-19/h1-16,24,27,29H,17-18H2/t24-,27-/m1/s1. The molecule has 2 aliphatic heterocycles. The van der Waals surface area contributed by atoms with Crippen LogP contribution in [0.15, 0.2) is 102 Å². The highest BCUT2D eigenvalue weighted by Gasteiger charge is 2.42. The van der Waals surface area contributed by atoms with Gasteiger partial charge in [0.15, 0.2) is 11.5 Å². The Morgan fingerprint density at radius 1 is 0.857 bits per heavy atom. The van der Waals surface area contributed by atoms with Gasteiger partial charge < -0.3 is 14.2 Å². The van der Waals surface area contributed by atoms with Crippen LogP contribution < -0.4 is 18.9 Å². The molecule has 176 valence electrons. The fraction of sp³-hybridized carbons (Fsp3) is 0.143. The largest absolute Gasteiger partial charge is 0.492 e. The average molecular weight is 486 g/mol. The van der Waals surface area contributed by atoms with Gasteiger partial charge in [0.1, 0.15) is 18.5 Å². The minimum Gasteiger partial charge on any atom is -0.492 e. The Hall–Kier alpha value is -3.97. The Morgan fingerprint density at radius 2 is 1.57 bits per heavy atom. The van der Waals surface area contributed by atoms with Crippen LogP contribution in [0, 0.1) is 0 Å². The van der Waals surface area contributed by atoms with Crippen molar-refractivity contribution >= 4 is 15.7 Å². The van der Waals surface area contributed by atoms with E-state index in [4.69, 9.17) is 14.2 Å². The lowest BCUT2D eigenvalue weighted by atomic mass is 9.89. The Kier molecular flexibility index (Phi) is 5.34. The third kappa shape index (κ3) is 4.08. The van der Waals surface area contributed by atoms with Gasteiger partial charge in [-0.25, -0.2) is 8.42 Å². The van der Waals surface area contributed by atoms with E-state index in [0.717, 1.165) is 22.4 Å². The number of sulfonamides is 1. The van der Waals surface area contributed by atoms with Gasteiger partial charge in [-0.05, 0) is 29.8 Å².